The number of nitrogens with zero attached hydrogens (tertiary/aromatic N) is 4. The second-order valence-electron chi connectivity index (χ2n) is 11.1. The number of hydrogen-bond donors (Lipinski definition) is 3. The first-order chi connectivity index (χ1) is 25.0. The van der Waals surface area contributed by atoms with E-state index in [1.54, 1.807) is 30.3 Å². The summed E-state index contributed by atoms with van der Waals surface area (Å²) in [6.07, 6.45) is 0. The first-order valence-corrected chi connectivity index (χ1v) is 19.4. The molecule has 0 radical (unpaired) electrons. The predicted octanol–water partition coefficient (Wildman–Crippen LogP) is 1.75. The molecule has 0 spiro atoms. The second-order valence-corrected chi connectivity index (χ2v) is 16.0. The number of sulfonamides is 1. The zero-order valence-electron chi connectivity index (χ0n) is 27.9. The minimum Gasteiger partial charge on any atom is -0.871 e. The number of sulfone groups is 1. The van der Waals surface area contributed by atoms with Crippen LogP contribution in [0.1, 0.15) is 0 Å². The number of primary sulfonamides is 1. The standard InChI is InChI=1S/C17H13N3O7S2.C16H13N3O4S.Co.Na/c18-29(25,26)9-5-6-13(21)12(7-9)19-20-14-15(22)10-3-1-2-4-11(10)16-17(14)28(23,24)8-27-16;17-24(22,23)11-6-8-14(20)13(9-11)18-19-16-12-4-2-1-3-10(12)5-7-15(16)21;;/h1-7,21-22H,8H2,(H2,18,25,26);1-9,20-21H,(H2,17,22,23);;/q;;+3;+1/p-4. The van der Waals surface area contributed by atoms with Crippen LogP contribution in [-0.2, 0) is 46.6 Å². The van der Waals surface area contributed by atoms with Crippen molar-refractivity contribution in [1.82, 2.24) is 0 Å². The monoisotopic (exact) mass is 856 g/mol. The number of nitrogens with two attached hydrogens (primary N) is 1. The van der Waals surface area contributed by atoms with Crippen molar-refractivity contribution in [1.29, 1.82) is 4.78 Å². The molecule has 4 N–H and O–H groups in total. The molecule has 0 amide bonds. The van der Waals surface area contributed by atoms with E-state index in [4.69, 9.17) is 14.7 Å². The van der Waals surface area contributed by atoms with Gasteiger partial charge in [0.2, 0.25) is 19.9 Å². The average molecular weight is 857 g/mol. The van der Waals surface area contributed by atoms with Crippen LogP contribution in [0.5, 0.6) is 28.7 Å². The Morgan fingerprint density at radius 2 is 1.25 bits per heavy atom. The van der Waals surface area contributed by atoms with Gasteiger partial charge in [-0.05, 0) is 41.1 Å². The van der Waals surface area contributed by atoms with E-state index in [1.165, 1.54) is 18.2 Å². The Morgan fingerprint density at radius 3 is 1.85 bits per heavy atom. The number of aromatic hydroxyl groups is 1. The van der Waals surface area contributed by atoms with Crippen LogP contribution in [0.4, 0.5) is 22.7 Å². The van der Waals surface area contributed by atoms with Gasteiger partial charge >= 0.3 is 46.3 Å². The van der Waals surface area contributed by atoms with Crippen molar-refractivity contribution in [2.45, 2.75) is 14.7 Å². The van der Waals surface area contributed by atoms with E-state index in [9.17, 15) is 46.0 Å². The molecule has 1 atom stereocenters. The molecule has 7 rings (SSSR count). The van der Waals surface area contributed by atoms with Gasteiger partial charge in [-0.1, -0.05) is 84.0 Å². The van der Waals surface area contributed by atoms with Gasteiger partial charge in [-0.2, -0.15) is 10.2 Å². The number of ether oxygens (including phenoxy) is 1. The summed E-state index contributed by atoms with van der Waals surface area (Å²) in [6.45, 7) is 0. The number of phenolic OH excluding ortho intramolecular Hbond substituents is 1. The first-order valence-electron chi connectivity index (χ1n) is 14.8. The van der Waals surface area contributed by atoms with E-state index in [2.05, 4.69) is 20.5 Å². The van der Waals surface area contributed by atoms with Crippen molar-refractivity contribution in [3.05, 3.63) is 97.1 Å². The molecule has 0 saturated heterocycles. The predicted molar refractivity (Wildman–Crippen MR) is 183 cm³/mol. The molecule has 0 fully saturated rings. The number of phenols is 1. The van der Waals surface area contributed by atoms with Crippen LogP contribution < -0.4 is 54.8 Å². The van der Waals surface area contributed by atoms with Crippen LogP contribution in [0.2, 0.25) is 0 Å². The maximum absolute atomic E-state index is 12.8. The van der Waals surface area contributed by atoms with Crippen LogP contribution in [0, 0.1) is 4.78 Å². The van der Waals surface area contributed by atoms with E-state index < -0.39 is 74.2 Å². The topological polar surface area (TPSA) is 306 Å². The fraction of sp³-hybridized carbons (Fsp3) is 0.0303. The van der Waals surface area contributed by atoms with E-state index in [-0.39, 0.29) is 79.5 Å². The fourth-order valence-electron chi connectivity index (χ4n) is 5.11. The van der Waals surface area contributed by atoms with Crippen LogP contribution in [0.15, 0.2) is 132 Å². The Labute approximate surface area is 345 Å². The van der Waals surface area contributed by atoms with Crippen molar-refractivity contribution in [3.63, 3.8) is 0 Å². The molecule has 6 aromatic rings. The summed E-state index contributed by atoms with van der Waals surface area (Å²) in [6, 6.07) is 22.5. The average Bonchev–Trinajstić information content (AvgIpc) is 3.43. The van der Waals surface area contributed by atoms with Gasteiger partial charge in [0.25, 0.3) is 0 Å². The minimum atomic E-state index is -4.36. The van der Waals surface area contributed by atoms with Crippen LogP contribution >= 0.6 is 0 Å². The minimum absolute atomic E-state index is 0. The molecule has 1 heterocycles. The quantitative estimate of drug-likeness (QED) is 0.160. The van der Waals surface area contributed by atoms with E-state index in [1.807, 2.05) is 12.1 Å². The number of benzene rings is 6. The van der Waals surface area contributed by atoms with Crippen molar-refractivity contribution in [3.8, 4) is 28.7 Å². The fourth-order valence-corrected chi connectivity index (χ4v) is 7.43. The molecule has 278 valence electrons. The summed E-state index contributed by atoms with van der Waals surface area (Å²) >= 11 is 0. The zero-order valence-corrected chi connectivity index (χ0v) is 33.4. The largest absolute Gasteiger partial charge is 3.00 e. The van der Waals surface area contributed by atoms with Gasteiger partial charge in [-0.25, -0.2) is 22.0 Å². The Morgan fingerprint density at radius 1 is 0.727 bits per heavy atom. The van der Waals surface area contributed by atoms with Gasteiger partial charge in [0.05, 0.1) is 16.3 Å². The number of hydrogen-bond acceptors (Lipinski definition) is 16. The molecule has 1 aliphatic rings. The third kappa shape index (κ3) is 9.07. The smallest absolute Gasteiger partial charge is 0.871 e. The maximum atomic E-state index is 12.8. The molecule has 0 aliphatic carbocycles. The van der Waals surface area contributed by atoms with Gasteiger partial charge < -0.3 is 29.7 Å². The van der Waals surface area contributed by atoms with Crippen molar-refractivity contribution < 1.29 is 97.1 Å². The molecule has 17 nitrogen and oxygen atoms in total. The summed E-state index contributed by atoms with van der Waals surface area (Å²) in [4.78, 5) is -1.16. The summed E-state index contributed by atoms with van der Waals surface area (Å²) < 4.78 is 82.6. The Hall–Kier alpha value is -4.68. The summed E-state index contributed by atoms with van der Waals surface area (Å²) in [7, 11) is -12.3. The Kier molecular flexibility index (Phi) is 13.0. The number of nitrogens with one attached hydrogen (secondary N) is 1. The Bertz CT molecular complexity index is 2880. The molecule has 0 aromatic heterocycles. The molecule has 1 aliphatic heterocycles. The van der Waals surface area contributed by atoms with Gasteiger partial charge in [-0.15, -0.1) is 10.2 Å². The molecule has 6 aromatic carbocycles. The summed E-state index contributed by atoms with van der Waals surface area (Å²) in [5, 5.41) is 68.6. The number of rotatable bonds is 6. The van der Waals surface area contributed by atoms with Crippen molar-refractivity contribution >= 4 is 74.2 Å². The van der Waals surface area contributed by atoms with Crippen LogP contribution in [0.25, 0.3) is 21.5 Å². The van der Waals surface area contributed by atoms with Crippen LogP contribution in [0.3, 0.4) is 0 Å². The van der Waals surface area contributed by atoms with E-state index in [0.29, 0.717) is 10.8 Å². The third-order valence-corrected chi connectivity index (χ3v) is 10.8. The first kappa shape index (κ1) is 43.0. The SMILES string of the molecule is N=S(=O)([O-])c1ccc([O-])c(N=Nc2c3c(c4ccccc4c2[O-])OCS3(=O)=O)c1.NS(=O)(=O)c1ccc([O-])c(N=Nc2c(O)ccc3ccccc23)c1.[Co+3].[Na+]. The zero-order chi connectivity index (χ0) is 38.3. The van der Waals surface area contributed by atoms with Gasteiger partial charge in [0.1, 0.15) is 27.8 Å². The molecular weight excluding hydrogens is 835 g/mol. The summed E-state index contributed by atoms with van der Waals surface area (Å²) in [5.41, 5.74) is -0.993. The second kappa shape index (κ2) is 16.6. The van der Waals surface area contributed by atoms with Gasteiger partial charge in [0, 0.05) is 25.7 Å². The molecule has 1 unspecified atom stereocenters. The van der Waals surface area contributed by atoms with E-state index in [0.717, 1.165) is 41.8 Å². The van der Waals surface area contributed by atoms with Gasteiger partial charge in [-0.3, -0.25) is 8.99 Å². The molecule has 22 heteroatoms. The molecule has 55 heavy (non-hydrogen) atoms. The maximum Gasteiger partial charge on any atom is 3.00 e. The van der Waals surface area contributed by atoms with Crippen molar-refractivity contribution in [2.24, 2.45) is 25.6 Å². The molecular formula is C33H22CoN6NaO11S3. The van der Waals surface area contributed by atoms with Gasteiger partial charge in [0.15, 0.2) is 5.94 Å². The van der Waals surface area contributed by atoms with Crippen LogP contribution in [-0.4, -0.2) is 36.6 Å². The Balaban J connectivity index is 0.000000240. The molecule has 0 bridgehead atoms. The summed E-state index contributed by atoms with van der Waals surface area (Å²) in [5.74, 6) is -2.76. The van der Waals surface area contributed by atoms with Crippen molar-refractivity contribution in [2.75, 3.05) is 5.94 Å². The molecule has 0 saturated carbocycles. The van der Waals surface area contributed by atoms with E-state index >= 15 is 0 Å². The third-order valence-electron chi connectivity index (χ3n) is 7.62. The normalized spacial score (nSPS) is 14.3. The number of fused-ring (bicyclic) bond motifs is 4. The number of azo groups is 2.